The van der Waals surface area contributed by atoms with E-state index in [1.54, 1.807) is 43.3 Å². The number of aryl methyl sites for hydroxylation is 1. The lowest BCUT2D eigenvalue weighted by atomic mass is 10.1. The number of rotatable bonds is 12. The van der Waals surface area contributed by atoms with Crippen LogP contribution in [0.25, 0.3) is 0 Å². The molecule has 0 aliphatic heterocycles. The van der Waals surface area contributed by atoms with E-state index in [1.165, 1.54) is 43.4 Å². The van der Waals surface area contributed by atoms with Crippen molar-refractivity contribution < 1.29 is 27.5 Å². The van der Waals surface area contributed by atoms with Gasteiger partial charge in [-0.3, -0.25) is 13.9 Å². The zero-order valence-corrected chi connectivity index (χ0v) is 27.5. The summed E-state index contributed by atoms with van der Waals surface area (Å²) >= 11 is 12.6. The molecule has 1 aliphatic carbocycles. The molecule has 1 fully saturated rings. The minimum Gasteiger partial charge on any atom is -0.493 e. The lowest BCUT2D eigenvalue weighted by molar-refractivity contribution is -0.139. The van der Waals surface area contributed by atoms with Crippen LogP contribution in [0.15, 0.2) is 65.6 Å². The Morgan fingerprint density at radius 1 is 0.955 bits per heavy atom. The monoisotopic (exact) mass is 661 g/mol. The molecule has 0 radical (unpaired) electrons. The van der Waals surface area contributed by atoms with Crippen molar-refractivity contribution in [3.63, 3.8) is 0 Å². The average molecular weight is 663 g/mol. The van der Waals surface area contributed by atoms with Gasteiger partial charge in [0.05, 0.1) is 24.8 Å². The van der Waals surface area contributed by atoms with Gasteiger partial charge in [0.2, 0.25) is 11.8 Å². The van der Waals surface area contributed by atoms with E-state index in [4.69, 9.17) is 32.7 Å². The number of hydrogen-bond donors (Lipinski definition) is 1. The topological polar surface area (TPSA) is 105 Å². The number of benzene rings is 3. The number of carbonyl (C=O) groups excluding carboxylic acids is 2. The normalized spacial score (nSPS) is 14.1. The summed E-state index contributed by atoms with van der Waals surface area (Å²) in [5, 5.41) is 3.79. The van der Waals surface area contributed by atoms with Crippen molar-refractivity contribution in [3.8, 4) is 11.5 Å². The number of nitrogens with zero attached hydrogens (tertiary/aromatic N) is 2. The maximum atomic E-state index is 14.2. The number of ether oxygens (including phenoxy) is 2. The Morgan fingerprint density at radius 3 is 2.23 bits per heavy atom. The Hall–Kier alpha value is -3.47. The summed E-state index contributed by atoms with van der Waals surface area (Å²) in [6, 6.07) is 15.0. The van der Waals surface area contributed by atoms with Crippen LogP contribution < -0.4 is 19.1 Å². The molecular formula is C32H37Cl2N3O6S. The predicted octanol–water partition coefficient (Wildman–Crippen LogP) is 5.99. The lowest BCUT2D eigenvalue weighted by Gasteiger charge is -2.32. The molecule has 236 valence electrons. The summed E-state index contributed by atoms with van der Waals surface area (Å²) < 4.78 is 40.0. The molecule has 3 aromatic rings. The number of anilines is 1. The molecule has 1 saturated carbocycles. The van der Waals surface area contributed by atoms with E-state index >= 15 is 0 Å². The van der Waals surface area contributed by atoms with E-state index in [-0.39, 0.29) is 34.8 Å². The van der Waals surface area contributed by atoms with Crippen molar-refractivity contribution in [1.29, 1.82) is 0 Å². The second-order valence-electron chi connectivity index (χ2n) is 10.8. The van der Waals surface area contributed by atoms with Crippen LogP contribution in [0.4, 0.5) is 5.69 Å². The Labute approximate surface area is 269 Å². The molecule has 0 heterocycles. The van der Waals surface area contributed by atoms with Crippen LogP contribution in [-0.2, 0) is 26.2 Å². The molecule has 4 rings (SSSR count). The first-order chi connectivity index (χ1) is 20.9. The van der Waals surface area contributed by atoms with Gasteiger partial charge >= 0.3 is 0 Å². The van der Waals surface area contributed by atoms with Gasteiger partial charge in [-0.2, -0.15) is 0 Å². The highest BCUT2D eigenvalue weighted by Crippen LogP contribution is 2.34. The molecule has 1 unspecified atom stereocenters. The Kier molecular flexibility index (Phi) is 11.0. The van der Waals surface area contributed by atoms with E-state index < -0.39 is 28.5 Å². The number of methoxy groups -OCH3 is 2. The van der Waals surface area contributed by atoms with E-state index in [1.807, 2.05) is 6.92 Å². The van der Waals surface area contributed by atoms with E-state index in [2.05, 4.69) is 5.32 Å². The summed E-state index contributed by atoms with van der Waals surface area (Å²) in [4.78, 5) is 29.0. The maximum absolute atomic E-state index is 14.2. The fraction of sp³-hybridized carbons (Fsp3) is 0.375. The van der Waals surface area contributed by atoms with Gasteiger partial charge in [-0.05, 0) is 68.7 Å². The number of hydrogen-bond acceptors (Lipinski definition) is 6. The first-order valence-electron chi connectivity index (χ1n) is 14.3. The standard InChI is InChI=1S/C32H37Cl2N3O6S/c1-21-9-14-27(15-10-21)44(40,41)37(26-13-16-29(42-3)30(18-26)43-4)20-31(38)36(19-23-11-12-24(33)17-28(23)34)22(2)32(39)35-25-7-5-6-8-25/h9-18,22,25H,5-8,19-20H2,1-4H3,(H,35,39). The number of nitrogens with one attached hydrogen (secondary N) is 1. The van der Waals surface area contributed by atoms with Crippen molar-refractivity contribution in [1.82, 2.24) is 10.2 Å². The van der Waals surface area contributed by atoms with Crippen LogP contribution in [-0.4, -0.2) is 58.0 Å². The van der Waals surface area contributed by atoms with E-state index in [9.17, 15) is 18.0 Å². The molecule has 0 saturated heterocycles. The maximum Gasteiger partial charge on any atom is 0.264 e. The predicted molar refractivity (Wildman–Crippen MR) is 172 cm³/mol. The van der Waals surface area contributed by atoms with Crippen molar-refractivity contribution in [2.45, 2.75) is 63.1 Å². The highest BCUT2D eigenvalue weighted by molar-refractivity contribution is 7.92. The third kappa shape index (κ3) is 7.78. The van der Waals surface area contributed by atoms with Crippen molar-refractivity contribution in [2.24, 2.45) is 0 Å². The summed E-state index contributed by atoms with van der Waals surface area (Å²) in [5.74, 6) is -0.243. The summed E-state index contributed by atoms with van der Waals surface area (Å²) in [6.45, 7) is 2.83. The molecule has 9 nitrogen and oxygen atoms in total. The molecule has 44 heavy (non-hydrogen) atoms. The van der Waals surface area contributed by atoms with Crippen LogP contribution >= 0.6 is 23.2 Å². The van der Waals surface area contributed by atoms with Crippen LogP contribution in [0.5, 0.6) is 11.5 Å². The second-order valence-corrected chi connectivity index (χ2v) is 13.5. The average Bonchev–Trinajstić information content (AvgIpc) is 3.52. The second kappa shape index (κ2) is 14.5. The van der Waals surface area contributed by atoms with Gasteiger partial charge in [-0.15, -0.1) is 0 Å². The Balaban J connectivity index is 1.75. The van der Waals surface area contributed by atoms with Crippen LogP contribution in [0.2, 0.25) is 10.0 Å². The minimum absolute atomic E-state index is 0.00463. The smallest absolute Gasteiger partial charge is 0.264 e. The van der Waals surface area contributed by atoms with Gasteiger partial charge in [0.25, 0.3) is 10.0 Å². The zero-order valence-electron chi connectivity index (χ0n) is 25.2. The lowest BCUT2D eigenvalue weighted by Crippen LogP contribution is -2.52. The SMILES string of the molecule is COc1ccc(N(CC(=O)N(Cc2ccc(Cl)cc2Cl)C(C)C(=O)NC2CCCC2)S(=O)(=O)c2ccc(C)cc2)cc1OC. The van der Waals surface area contributed by atoms with Crippen molar-refractivity contribution in [2.75, 3.05) is 25.1 Å². The molecule has 1 N–H and O–H groups in total. The highest BCUT2D eigenvalue weighted by Gasteiger charge is 2.34. The van der Waals surface area contributed by atoms with Gasteiger partial charge in [0, 0.05) is 28.7 Å². The highest BCUT2D eigenvalue weighted by atomic mass is 35.5. The zero-order chi connectivity index (χ0) is 32.0. The fourth-order valence-corrected chi connectivity index (χ4v) is 7.03. The van der Waals surface area contributed by atoms with Gasteiger partial charge in [0.15, 0.2) is 11.5 Å². The summed E-state index contributed by atoms with van der Waals surface area (Å²) in [6.07, 6.45) is 3.80. The van der Waals surface area contributed by atoms with Gasteiger partial charge in [-0.1, -0.05) is 59.8 Å². The van der Waals surface area contributed by atoms with Gasteiger partial charge in [0.1, 0.15) is 12.6 Å². The van der Waals surface area contributed by atoms with E-state index in [0.29, 0.717) is 21.4 Å². The van der Waals surface area contributed by atoms with Crippen molar-refractivity contribution >= 4 is 50.7 Å². The molecular weight excluding hydrogens is 625 g/mol. The third-order valence-corrected chi connectivity index (χ3v) is 10.1. The summed E-state index contributed by atoms with van der Waals surface area (Å²) in [5.41, 5.74) is 1.62. The van der Waals surface area contributed by atoms with Crippen LogP contribution in [0.3, 0.4) is 0 Å². The van der Waals surface area contributed by atoms with Gasteiger partial charge in [-0.25, -0.2) is 8.42 Å². The molecule has 2 amide bonds. The Morgan fingerprint density at radius 2 is 1.61 bits per heavy atom. The van der Waals surface area contributed by atoms with E-state index in [0.717, 1.165) is 35.6 Å². The summed E-state index contributed by atoms with van der Waals surface area (Å²) in [7, 11) is -1.34. The molecule has 0 spiro atoms. The fourth-order valence-electron chi connectivity index (χ4n) is 5.15. The number of carbonyl (C=O) groups is 2. The molecule has 12 heteroatoms. The molecule has 0 aromatic heterocycles. The molecule has 1 atom stereocenters. The third-order valence-electron chi connectivity index (χ3n) is 7.77. The first-order valence-corrected chi connectivity index (χ1v) is 16.5. The minimum atomic E-state index is -4.25. The quantitative estimate of drug-likeness (QED) is 0.256. The van der Waals surface area contributed by atoms with Crippen LogP contribution in [0, 0.1) is 6.92 Å². The van der Waals surface area contributed by atoms with Crippen molar-refractivity contribution in [3.05, 3.63) is 81.8 Å². The number of halogens is 2. The molecule has 1 aliphatic rings. The number of sulfonamides is 1. The number of amides is 2. The molecule has 0 bridgehead atoms. The van der Waals surface area contributed by atoms with Crippen LogP contribution in [0.1, 0.15) is 43.7 Å². The first kappa shape index (κ1) is 33.4. The van der Waals surface area contributed by atoms with Gasteiger partial charge < -0.3 is 19.7 Å². The largest absolute Gasteiger partial charge is 0.493 e. The Bertz CT molecular complexity index is 1590. The molecule has 3 aromatic carbocycles.